The van der Waals surface area contributed by atoms with E-state index in [0.717, 1.165) is 36.3 Å². The Hall–Kier alpha value is -2.92. The van der Waals surface area contributed by atoms with Crippen molar-refractivity contribution in [2.75, 3.05) is 19.7 Å². The van der Waals surface area contributed by atoms with E-state index in [4.69, 9.17) is 5.10 Å². The van der Waals surface area contributed by atoms with E-state index in [-0.39, 0.29) is 18.4 Å². The normalized spacial score (nSPS) is 16.9. The van der Waals surface area contributed by atoms with Gasteiger partial charge in [-0.3, -0.25) is 4.79 Å². The zero-order valence-corrected chi connectivity index (χ0v) is 16.1. The molecule has 0 saturated carbocycles. The Morgan fingerprint density at radius 1 is 1.11 bits per heavy atom. The minimum absolute atomic E-state index is 0.00307. The average molecular weight is 375 g/mol. The third-order valence-corrected chi connectivity index (χ3v) is 5.44. The number of likely N-dealkylation sites (tertiary alicyclic amines) is 1. The van der Waals surface area contributed by atoms with Gasteiger partial charge in [-0.2, -0.15) is 5.10 Å². The van der Waals surface area contributed by atoms with Crippen molar-refractivity contribution in [3.05, 3.63) is 71.9 Å². The number of para-hydroxylation sites is 1. The topological polar surface area (TPSA) is 58.4 Å². The Morgan fingerprint density at radius 3 is 2.46 bits per heavy atom. The molecule has 0 radical (unpaired) electrons. The molecular weight excluding hydrogens is 350 g/mol. The highest BCUT2D eigenvalue weighted by Gasteiger charge is 2.30. The number of rotatable bonds is 4. The summed E-state index contributed by atoms with van der Waals surface area (Å²) in [5.41, 5.74) is 4.05. The van der Waals surface area contributed by atoms with Crippen molar-refractivity contribution < 1.29 is 9.90 Å². The second-order valence-electron chi connectivity index (χ2n) is 7.36. The van der Waals surface area contributed by atoms with Crippen molar-refractivity contribution in [3.63, 3.8) is 0 Å². The fourth-order valence-corrected chi connectivity index (χ4v) is 3.93. The van der Waals surface area contributed by atoms with Crippen LogP contribution in [0.15, 0.2) is 60.7 Å². The van der Waals surface area contributed by atoms with Crippen molar-refractivity contribution in [2.24, 2.45) is 5.92 Å². The SMILES string of the molecule is Cc1c(C(=O)N2CCC[C@@H](CO)C2)c(-c2ccccc2)nn1-c1ccccc1. The summed E-state index contributed by atoms with van der Waals surface area (Å²) < 4.78 is 1.85. The lowest BCUT2D eigenvalue weighted by Gasteiger charge is -2.32. The number of benzene rings is 2. The monoisotopic (exact) mass is 375 g/mol. The average Bonchev–Trinajstić information content (AvgIpc) is 3.11. The number of hydrogen-bond donors (Lipinski definition) is 1. The second kappa shape index (κ2) is 7.98. The number of aliphatic hydroxyl groups is 1. The summed E-state index contributed by atoms with van der Waals surface area (Å²) in [4.78, 5) is 15.4. The predicted octanol–water partition coefficient (Wildman–Crippen LogP) is 3.69. The zero-order valence-electron chi connectivity index (χ0n) is 16.1. The van der Waals surface area contributed by atoms with Crippen molar-refractivity contribution in [3.8, 4) is 16.9 Å². The fourth-order valence-electron chi connectivity index (χ4n) is 3.93. The quantitative estimate of drug-likeness (QED) is 0.757. The van der Waals surface area contributed by atoms with Gasteiger partial charge in [0.25, 0.3) is 5.91 Å². The van der Waals surface area contributed by atoms with Crippen LogP contribution < -0.4 is 0 Å². The molecule has 1 fully saturated rings. The maximum atomic E-state index is 13.5. The minimum atomic E-state index is -0.00307. The van der Waals surface area contributed by atoms with Crippen molar-refractivity contribution in [1.29, 1.82) is 0 Å². The molecule has 0 aliphatic carbocycles. The third-order valence-electron chi connectivity index (χ3n) is 5.44. The van der Waals surface area contributed by atoms with Gasteiger partial charge in [-0.1, -0.05) is 48.5 Å². The van der Waals surface area contributed by atoms with E-state index in [1.807, 2.05) is 77.2 Å². The van der Waals surface area contributed by atoms with Crippen LogP contribution >= 0.6 is 0 Å². The van der Waals surface area contributed by atoms with Gasteiger partial charge in [0.05, 0.1) is 16.9 Å². The van der Waals surface area contributed by atoms with Crippen LogP contribution in [0, 0.1) is 12.8 Å². The first kappa shape index (κ1) is 18.4. The number of amides is 1. The molecule has 0 spiro atoms. The molecule has 1 atom stereocenters. The standard InChI is InChI=1S/C23H25N3O2/c1-17-21(23(28)25-14-8-9-18(15-25)16-27)22(19-10-4-2-5-11-19)24-26(17)20-12-6-3-7-13-20/h2-7,10-13,18,27H,8-9,14-16H2,1H3/t18-/m1/s1. The Bertz CT molecular complexity index is 951. The Morgan fingerprint density at radius 2 is 1.79 bits per heavy atom. The van der Waals surface area contributed by atoms with E-state index in [0.29, 0.717) is 17.8 Å². The van der Waals surface area contributed by atoms with Crippen LogP contribution in [0.1, 0.15) is 28.9 Å². The molecule has 1 aliphatic heterocycles. The van der Waals surface area contributed by atoms with Gasteiger partial charge >= 0.3 is 0 Å². The van der Waals surface area contributed by atoms with Crippen LogP contribution in [-0.4, -0.2) is 45.4 Å². The molecule has 1 N–H and O–H groups in total. The number of carbonyl (C=O) groups is 1. The molecule has 1 saturated heterocycles. The molecule has 2 heterocycles. The van der Waals surface area contributed by atoms with Crippen LogP contribution in [0.25, 0.3) is 16.9 Å². The third kappa shape index (κ3) is 3.45. The molecule has 3 aromatic rings. The molecule has 144 valence electrons. The molecular formula is C23H25N3O2. The van der Waals surface area contributed by atoms with Crippen LogP contribution in [0.2, 0.25) is 0 Å². The fraction of sp³-hybridized carbons (Fsp3) is 0.304. The highest BCUT2D eigenvalue weighted by molar-refractivity contribution is 6.01. The molecule has 2 aromatic carbocycles. The van der Waals surface area contributed by atoms with Crippen LogP contribution in [-0.2, 0) is 0 Å². The van der Waals surface area contributed by atoms with E-state index in [1.165, 1.54) is 0 Å². The maximum absolute atomic E-state index is 13.5. The van der Waals surface area contributed by atoms with Gasteiger partial charge in [0.1, 0.15) is 5.69 Å². The van der Waals surface area contributed by atoms with Crippen LogP contribution in [0.5, 0.6) is 0 Å². The van der Waals surface area contributed by atoms with Gasteiger partial charge in [-0.05, 0) is 37.8 Å². The van der Waals surface area contributed by atoms with E-state index >= 15 is 0 Å². The summed E-state index contributed by atoms with van der Waals surface area (Å²) in [6.45, 7) is 3.39. The lowest BCUT2D eigenvalue weighted by atomic mass is 9.97. The van der Waals surface area contributed by atoms with Gasteiger partial charge in [-0.25, -0.2) is 4.68 Å². The first-order chi connectivity index (χ1) is 13.7. The second-order valence-corrected chi connectivity index (χ2v) is 7.36. The van der Waals surface area contributed by atoms with Gasteiger partial charge in [0.15, 0.2) is 0 Å². The first-order valence-corrected chi connectivity index (χ1v) is 9.79. The Balaban J connectivity index is 1.81. The Kier molecular flexibility index (Phi) is 5.26. The number of nitrogens with zero attached hydrogens (tertiary/aromatic N) is 3. The highest BCUT2D eigenvalue weighted by Crippen LogP contribution is 2.29. The predicted molar refractivity (Wildman–Crippen MR) is 109 cm³/mol. The molecule has 4 rings (SSSR count). The molecule has 5 heteroatoms. The van der Waals surface area contributed by atoms with Crippen molar-refractivity contribution in [2.45, 2.75) is 19.8 Å². The summed E-state index contributed by atoms with van der Waals surface area (Å²) in [6.07, 6.45) is 1.89. The van der Waals surface area contributed by atoms with Crippen LogP contribution in [0.3, 0.4) is 0 Å². The molecule has 28 heavy (non-hydrogen) atoms. The van der Waals surface area contributed by atoms with E-state index in [1.54, 1.807) is 0 Å². The summed E-state index contributed by atoms with van der Waals surface area (Å²) in [7, 11) is 0. The first-order valence-electron chi connectivity index (χ1n) is 9.79. The van der Waals surface area contributed by atoms with E-state index < -0.39 is 0 Å². The summed E-state index contributed by atoms with van der Waals surface area (Å²) in [5.74, 6) is 0.152. The van der Waals surface area contributed by atoms with E-state index in [9.17, 15) is 9.90 Å². The van der Waals surface area contributed by atoms with Gasteiger partial charge in [0, 0.05) is 25.3 Å². The summed E-state index contributed by atoms with van der Waals surface area (Å²) in [6, 6.07) is 19.7. The number of aliphatic hydroxyl groups excluding tert-OH is 1. The molecule has 0 unspecified atom stereocenters. The van der Waals surface area contributed by atoms with E-state index in [2.05, 4.69) is 0 Å². The van der Waals surface area contributed by atoms with Gasteiger partial charge in [0.2, 0.25) is 0 Å². The number of aromatic nitrogens is 2. The summed E-state index contributed by atoms with van der Waals surface area (Å²) in [5, 5.41) is 14.4. The van der Waals surface area contributed by atoms with Gasteiger partial charge in [-0.15, -0.1) is 0 Å². The van der Waals surface area contributed by atoms with Crippen LogP contribution in [0.4, 0.5) is 0 Å². The number of hydrogen-bond acceptors (Lipinski definition) is 3. The minimum Gasteiger partial charge on any atom is -0.396 e. The lowest BCUT2D eigenvalue weighted by molar-refractivity contribution is 0.0620. The lowest BCUT2D eigenvalue weighted by Crippen LogP contribution is -2.41. The zero-order chi connectivity index (χ0) is 19.5. The number of piperidine rings is 1. The van der Waals surface area contributed by atoms with Crippen molar-refractivity contribution >= 4 is 5.91 Å². The molecule has 1 amide bonds. The number of carbonyl (C=O) groups excluding carboxylic acids is 1. The maximum Gasteiger partial charge on any atom is 0.258 e. The Labute approximate surface area is 165 Å². The summed E-state index contributed by atoms with van der Waals surface area (Å²) >= 11 is 0. The smallest absolute Gasteiger partial charge is 0.258 e. The molecule has 0 bridgehead atoms. The molecule has 5 nitrogen and oxygen atoms in total. The van der Waals surface area contributed by atoms with Crippen molar-refractivity contribution in [1.82, 2.24) is 14.7 Å². The van der Waals surface area contributed by atoms with Gasteiger partial charge < -0.3 is 10.0 Å². The highest BCUT2D eigenvalue weighted by atomic mass is 16.3. The molecule has 1 aliphatic rings. The largest absolute Gasteiger partial charge is 0.396 e. The molecule has 1 aromatic heterocycles.